The summed E-state index contributed by atoms with van der Waals surface area (Å²) >= 11 is 7.30. The molecule has 0 amide bonds. The van der Waals surface area contributed by atoms with Gasteiger partial charge in [0.2, 0.25) is 0 Å². The third-order valence-electron chi connectivity index (χ3n) is 2.62. The monoisotopic (exact) mass is 326 g/mol. The zero-order valence-electron chi connectivity index (χ0n) is 11.1. The van der Waals surface area contributed by atoms with Crippen LogP contribution in [0.5, 0.6) is 11.5 Å². The number of ether oxygens (including phenoxy) is 1. The molecule has 0 aliphatic rings. The Kier molecular flexibility index (Phi) is 5.09. The lowest BCUT2D eigenvalue weighted by Gasteiger charge is -2.12. The fourth-order valence-corrected chi connectivity index (χ4v) is 2.78. The van der Waals surface area contributed by atoms with Crippen LogP contribution in [-0.4, -0.2) is 16.8 Å². The number of halogens is 2. The van der Waals surface area contributed by atoms with Gasteiger partial charge in [-0.25, -0.2) is 9.18 Å². The van der Waals surface area contributed by atoms with Gasteiger partial charge in [-0.05, 0) is 36.1 Å². The smallest absolute Gasteiger partial charge is 0.340 e. The number of rotatable bonds is 5. The first-order valence-electron chi connectivity index (χ1n) is 6.15. The van der Waals surface area contributed by atoms with E-state index >= 15 is 0 Å². The Balaban J connectivity index is 2.43. The van der Waals surface area contributed by atoms with E-state index in [-0.39, 0.29) is 22.1 Å². The Morgan fingerprint density at radius 2 is 2.10 bits per heavy atom. The second kappa shape index (κ2) is 6.83. The van der Waals surface area contributed by atoms with Crippen molar-refractivity contribution in [2.75, 3.05) is 5.75 Å². The molecule has 0 spiro atoms. The van der Waals surface area contributed by atoms with E-state index in [1.54, 1.807) is 18.2 Å². The lowest BCUT2D eigenvalue weighted by atomic mass is 10.2. The maximum Gasteiger partial charge on any atom is 0.340 e. The molecule has 0 aliphatic heterocycles. The first-order chi connectivity index (χ1) is 10.0. The first kappa shape index (κ1) is 15.7. The molecule has 3 nitrogen and oxygen atoms in total. The van der Waals surface area contributed by atoms with Crippen LogP contribution in [0, 0.1) is 5.82 Å². The normalized spacial score (nSPS) is 10.4. The Labute approximate surface area is 130 Å². The number of carboxylic acids is 1. The van der Waals surface area contributed by atoms with Gasteiger partial charge in [0, 0.05) is 4.90 Å². The van der Waals surface area contributed by atoms with E-state index < -0.39 is 11.8 Å². The van der Waals surface area contributed by atoms with Crippen molar-refractivity contribution < 1.29 is 19.0 Å². The van der Waals surface area contributed by atoms with Gasteiger partial charge in [0.25, 0.3) is 0 Å². The highest BCUT2D eigenvalue weighted by Gasteiger charge is 2.18. The highest BCUT2D eigenvalue weighted by atomic mass is 35.5. The fraction of sp³-hybridized carbons (Fsp3) is 0.133. The van der Waals surface area contributed by atoms with Crippen molar-refractivity contribution in [2.24, 2.45) is 0 Å². The summed E-state index contributed by atoms with van der Waals surface area (Å²) in [6.07, 6.45) is 0. The molecule has 2 aromatic carbocycles. The third kappa shape index (κ3) is 3.68. The van der Waals surface area contributed by atoms with Gasteiger partial charge >= 0.3 is 5.97 Å². The third-order valence-corrected chi connectivity index (χ3v) is 3.85. The highest BCUT2D eigenvalue weighted by Crippen LogP contribution is 2.35. The van der Waals surface area contributed by atoms with Crippen LogP contribution in [0.1, 0.15) is 17.3 Å². The summed E-state index contributed by atoms with van der Waals surface area (Å²) in [5.41, 5.74) is 0.0738. The van der Waals surface area contributed by atoms with Crippen LogP contribution >= 0.6 is 23.4 Å². The summed E-state index contributed by atoms with van der Waals surface area (Å²) in [6, 6.07) is 8.65. The van der Waals surface area contributed by atoms with Crippen LogP contribution in [0.2, 0.25) is 5.02 Å². The molecule has 0 bridgehead atoms. The molecule has 0 atom stereocenters. The molecule has 0 fully saturated rings. The van der Waals surface area contributed by atoms with Crippen molar-refractivity contribution in [1.82, 2.24) is 0 Å². The van der Waals surface area contributed by atoms with Gasteiger partial charge in [-0.1, -0.05) is 24.6 Å². The van der Waals surface area contributed by atoms with Gasteiger partial charge in [-0.15, -0.1) is 11.8 Å². The lowest BCUT2D eigenvalue weighted by molar-refractivity contribution is 0.0690. The quantitative estimate of drug-likeness (QED) is 0.778. The van der Waals surface area contributed by atoms with Gasteiger partial charge in [0.05, 0.1) is 5.02 Å². The van der Waals surface area contributed by atoms with E-state index in [1.165, 1.54) is 23.9 Å². The molecular formula is C15H12ClFO3S. The van der Waals surface area contributed by atoms with E-state index in [4.69, 9.17) is 16.3 Å². The summed E-state index contributed by atoms with van der Waals surface area (Å²) in [7, 11) is 0. The minimum absolute atomic E-state index is 0.0738. The van der Waals surface area contributed by atoms with Gasteiger partial charge < -0.3 is 9.84 Å². The summed E-state index contributed by atoms with van der Waals surface area (Å²) < 4.78 is 18.6. The van der Waals surface area contributed by atoms with Crippen molar-refractivity contribution in [2.45, 2.75) is 11.8 Å². The minimum Gasteiger partial charge on any atom is -0.478 e. The second-order valence-corrected chi connectivity index (χ2v) is 5.76. The minimum atomic E-state index is -1.08. The Morgan fingerprint density at radius 1 is 1.33 bits per heavy atom. The van der Waals surface area contributed by atoms with Gasteiger partial charge in [0.15, 0.2) is 0 Å². The Bertz CT molecular complexity index is 676. The van der Waals surface area contributed by atoms with Gasteiger partial charge in [-0.3, -0.25) is 0 Å². The van der Waals surface area contributed by atoms with Crippen LogP contribution in [0.4, 0.5) is 4.39 Å². The number of carbonyl (C=O) groups is 1. The molecule has 0 saturated carbocycles. The zero-order valence-corrected chi connectivity index (χ0v) is 12.7. The molecule has 1 N–H and O–H groups in total. The number of thioether (sulfide) groups is 1. The van der Waals surface area contributed by atoms with E-state index in [9.17, 15) is 14.3 Å². The number of hydrogen-bond donors (Lipinski definition) is 1. The zero-order chi connectivity index (χ0) is 15.4. The SMILES string of the molecule is CCSc1cccc(Oc2ccc(F)cc2Cl)c1C(=O)O. The number of aromatic carboxylic acids is 1. The molecule has 0 unspecified atom stereocenters. The molecular weight excluding hydrogens is 315 g/mol. The predicted molar refractivity (Wildman–Crippen MR) is 81.3 cm³/mol. The van der Waals surface area contributed by atoms with E-state index in [2.05, 4.69) is 0 Å². The van der Waals surface area contributed by atoms with Crippen LogP contribution in [0.3, 0.4) is 0 Å². The topological polar surface area (TPSA) is 46.5 Å². The molecule has 2 aromatic rings. The second-order valence-electron chi connectivity index (χ2n) is 4.04. The van der Waals surface area contributed by atoms with E-state index in [1.807, 2.05) is 6.92 Å². The van der Waals surface area contributed by atoms with Gasteiger partial charge in [-0.2, -0.15) is 0 Å². The maximum atomic E-state index is 13.0. The molecule has 0 radical (unpaired) electrons. The van der Waals surface area contributed by atoms with Crippen molar-refractivity contribution in [3.63, 3.8) is 0 Å². The fourth-order valence-electron chi connectivity index (χ4n) is 1.76. The average molecular weight is 327 g/mol. The van der Waals surface area contributed by atoms with Crippen LogP contribution < -0.4 is 4.74 Å². The standard InChI is InChI=1S/C15H12ClFO3S/c1-2-21-13-5-3-4-12(14(13)15(18)19)20-11-7-6-9(17)8-10(11)16/h3-8H,2H2,1H3,(H,18,19). The Morgan fingerprint density at radius 3 is 2.71 bits per heavy atom. The molecule has 6 heteroatoms. The predicted octanol–water partition coefficient (Wildman–Crippen LogP) is 5.08. The van der Waals surface area contributed by atoms with E-state index in [0.717, 1.165) is 11.8 Å². The molecule has 2 rings (SSSR count). The van der Waals surface area contributed by atoms with Crippen LogP contribution in [0.25, 0.3) is 0 Å². The molecule has 0 heterocycles. The number of benzene rings is 2. The van der Waals surface area contributed by atoms with Crippen molar-refractivity contribution in [3.05, 3.63) is 52.8 Å². The molecule has 0 aromatic heterocycles. The average Bonchev–Trinajstić information content (AvgIpc) is 2.42. The van der Waals surface area contributed by atoms with Crippen molar-refractivity contribution in [3.8, 4) is 11.5 Å². The van der Waals surface area contributed by atoms with Crippen molar-refractivity contribution >= 4 is 29.3 Å². The molecule has 110 valence electrons. The highest BCUT2D eigenvalue weighted by molar-refractivity contribution is 7.99. The van der Waals surface area contributed by atoms with Gasteiger partial charge in [0.1, 0.15) is 22.9 Å². The van der Waals surface area contributed by atoms with Crippen LogP contribution in [-0.2, 0) is 0 Å². The summed E-state index contributed by atoms with van der Waals surface area (Å²) in [5, 5.41) is 9.46. The molecule has 0 aliphatic carbocycles. The molecule has 0 saturated heterocycles. The largest absolute Gasteiger partial charge is 0.478 e. The lowest BCUT2D eigenvalue weighted by Crippen LogP contribution is -2.02. The summed E-state index contributed by atoms with van der Waals surface area (Å²) in [6.45, 7) is 1.93. The molecule has 21 heavy (non-hydrogen) atoms. The van der Waals surface area contributed by atoms with Crippen molar-refractivity contribution in [1.29, 1.82) is 0 Å². The van der Waals surface area contributed by atoms with Crippen LogP contribution in [0.15, 0.2) is 41.3 Å². The number of carboxylic acid groups (broad SMARTS) is 1. The summed E-state index contributed by atoms with van der Waals surface area (Å²) in [5.74, 6) is -0.448. The summed E-state index contributed by atoms with van der Waals surface area (Å²) in [4.78, 5) is 12.1. The number of hydrogen-bond acceptors (Lipinski definition) is 3. The van der Waals surface area contributed by atoms with E-state index in [0.29, 0.717) is 4.90 Å². The maximum absolute atomic E-state index is 13.0. The Hall–Kier alpha value is -1.72. The first-order valence-corrected chi connectivity index (χ1v) is 7.51.